The third-order valence-electron chi connectivity index (χ3n) is 6.38. The summed E-state index contributed by atoms with van der Waals surface area (Å²) in [7, 11) is 0. The van der Waals surface area contributed by atoms with Crippen LogP contribution in [0.2, 0.25) is 0 Å². The Labute approximate surface area is 208 Å². The number of nitrogens with one attached hydrogen (secondary N) is 1. The van der Waals surface area contributed by atoms with Crippen LogP contribution in [-0.2, 0) is 11.0 Å². The highest BCUT2D eigenvalue weighted by molar-refractivity contribution is 6.12. The second-order valence-electron chi connectivity index (χ2n) is 8.73. The molecule has 2 aromatic heterocycles. The van der Waals surface area contributed by atoms with Gasteiger partial charge >= 0.3 is 12.2 Å². The number of aromatic nitrogens is 2. The number of amides is 2. The van der Waals surface area contributed by atoms with Crippen LogP contribution in [0.5, 0.6) is 0 Å². The van der Waals surface area contributed by atoms with Crippen molar-refractivity contribution < 1.29 is 27.2 Å². The standard InChI is InChI=1S/C26H18F3N5O3/c27-26(28,29)17-5-1-3-15(9-17)19-7-8-20-24(32-19)34(21-12-33(20)13-22(21)35)25(36)31-18-6-2-4-16(10-18)23-11-30-14-37-23/h1-11,14,21H,12-13H2,(H,31,36). The van der Waals surface area contributed by atoms with Gasteiger partial charge in [0.05, 0.1) is 29.7 Å². The van der Waals surface area contributed by atoms with E-state index >= 15 is 0 Å². The molecule has 6 rings (SSSR count). The number of pyridine rings is 1. The average molecular weight is 505 g/mol. The number of hydrogen-bond donors (Lipinski definition) is 1. The number of oxazole rings is 1. The molecule has 2 aliphatic heterocycles. The largest absolute Gasteiger partial charge is 0.444 e. The van der Waals surface area contributed by atoms with Crippen LogP contribution in [0.3, 0.4) is 0 Å². The van der Waals surface area contributed by atoms with Gasteiger partial charge in [-0.1, -0.05) is 24.3 Å². The molecule has 1 unspecified atom stereocenters. The van der Waals surface area contributed by atoms with E-state index in [2.05, 4.69) is 15.3 Å². The van der Waals surface area contributed by atoms with Crippen LogP contribution in [-0.4, -0.2) is 40.9 Å². The van der Waals surface area contributed by atoms with Crippen molar-refractivity contribution in [3.63, 3.8) is 0 Å². The molecule has 2 aliphatic rings. The molecule has 2 bridgehead atoms. The molecule has 37 heavy (non-hydrogen) atoms. The van der Waals surface area contributed by atoms with E-state index < -0.39 is 23.8 Å². The smallest absolute Gasteiger partial charge is 0.416 e. The third-order valence-corrected chi connectivity index (χ3v) is 6.38. The molecular weight excluding hydrogens is 487 g/mol. The van der Waals surface area contributed by atoms with Crippen molar-refractivity contribution in [2.24, 2.45) is 0 Å². The van der Waals surface area contributed by atoms with Gasteiger partial charge in [0, 0.05) is 23.4 Å². The molecule has 1 N–H and O–H groups in total. The normalized spacial score (nSPS) is 16.6. The predicted octanol–water partition coefficient (Wildman–Crippen LogP) is 5.23. The number of rotatable bonds is 3. The van der Waals surface area contributed by atoms with Gasteiger partial charge in [-0.15, -0.1) is 0 Å². The number of fused-ring (bicyclic) bond motifs is 4. The van der Waals surface area contributed by atoms with Crippen molar-refractivity contribution in [1.82, 2.24) is 9.97 Å². The Morgan fingerprint density at radius 3 is 2.65 bits per heavy atom. The van der Waals surface area contributed by atoms with Gasteiger partial charge in [-0.25, -0.2) is 14.8 Å². The van der Waals surface area contributed by atoms with E-state index in [1.807, 2.05) is 4.90 Å². The molecule has 2 amide bonds. The highest BCUT2D eigenvalue weighted by Crippen LogP contribution is 2.40. The maximum absolute atomic E-state index is 13.5. The van der Waals surface area contributed by atoms with Gasteiger partial charge in [0.1, 0.15) is 6.04 Å². The molecule has 0 saturated carbocycles. The molecule has 4 heterocycles. The van der Waals surface area contributed by atoms with Crippen molar-refractivity contribution in [1.29, 1.82) is 0 Å². The summed E-state index contributed by atoms with van der Waals surface area (Å²) < 4.78 is 45.1. The summed E-state index contributed by atoms with van der Waals surface area (Å²) in [6, 6.07) is 13.7. The van der Waals surface area contributed by atoms with Crippen molar-refractivity contribution in [2.75, 3.05) is 28.2 Å². The van der Waals surface area contributed by atoms with Crippen LogP contribution in [0.1, 0.15) is 5.56 Å². The fraction of sp³-hybridized carbons (Fsp3) is 0.154. The number of anilines is 3. The first kappa shape index (κ1) is 22.8. The molecule has 1 atom stereocenters. The van der Waals surface area contributed by atoms with Crippen LogP contribution < -0.4 is 15.1 Å². The molecule has 1 fully saturated rings. The zero-order valence-corrected chi connectivity index (χ0v) is 19.1. The predicted molar refractivity (Wildman–Crippen MR) is 129 cm³/mol. The Balaban J connectivity index is 1.37. The van der Waals surface area contributed by atoms with Gasteiger partial charge in [0.25, 0.3) is 0 Å². The van der Waals surface area contributed by atoms with E-state index in [1.54, 1.807) is 42.6 Å². The number of nitrogens with zero attached hydrogens (tertiary/aromatic N) is 4. The fourth-order valence-corrected chi connectivity index (χ4v) is 4.64. The Bertz CT molecular complexity index is 1520. The van der Waals surface area contributed by atoms with Crippen molar-refractivity contribution in [2.45, 2.75) is 12.2 Å². The van der Waals surface area contributed by atoms with Crippen molar-refractivity contribution in [3.05, 3.63) is 78.8 Å². The van der Waals surface area contributed by atoms with Crippen LogP contribution >= 0.6 is 0 Å². The minimum Gasteiger partial charge on any atom is -0.444 e. The molecule has 4 aromatic rings. The SMILES string of the molecule is O=C1CN2CC1N(C(=O)Nc1cccc(-c3cnco3)c1)c1nc(-c3cccc(C(F)(F)F)c3)ccc12. The number of ketones is 1. The number of Topliss-reactive ketones (excluding diaryl/α,β-unsaturated/α-hetero) is 1. The maximum Gasteiger partial charge on any atom is 0.416 e. The van der Waals surface area contributed by atoms with E-state index in [0.717, 1.165) is 12.1 Å². The lowest BCUT2D eigenvalue weighted by molar-refractivity contribution is -0.137. The van der Waals surface area contributed by atoms with Crippen LogP contribution in [0, 0.1) is 0 Å². The second-order valence-corrected chi connectivity index (χ2v) is 8.73. The van der Waals surface area contributed by atoms with Gasteiger partial charge in [0.2, 0.25) is 0 Å². The minimum absolute atomic E-state index is 0.118. The van der Waals surface area contributed by atoms with Crippen LogP contribution in [0.15, 0.2) is 77.7 Å². The summed E-state index contributed by atoms with van der Waals surface area (Å²) >= 11 is 0. The van der Waals surface area contributed by atoms with E-state index in [-0.39, 0.29) is 29.4 Å². The molecule has 11 heteroatoms. The monoisotopic (exact) mass is 505 g/mol. The Morgan fingerprint density at radius 2 is 1.86 bits per heavy atom. The molecule has 0 aliphatic carbocycles. The van der Waals surface area contributed by atoms with E-state index in [1.165, 1.54) is 23.4 Å². The van der Waals surface area contributed by atoms with E-state index in [4.69, 9.17) is 4.42 Å². The number of halogens is 3. The second kappa shape index (κ2) is 8.47. The number of benzene rings is 2. The molecule has 0 spiro atoms. The first-order valence-electron chi connectivity index (χ1n) is 11.3. The quantitative estimate of drug-likeness (QED) is 0.410. The summed E-state index contributed by atoms with van der Waals surface area (Å²) in [6.45, 7) is 0.426. The Kier molecular flexibility index (Phi) is 5.21. The highest BCUT2D eigenvalue weighted by atomic mass is 19.4. The number of urea groups is 1. The van der Waals surface area contributed by atoms with Gasteiger partial charge in [0.15, 0.2) is 23.8 Å². The summed E-state index contributed by atoms with van der Waals surface area (Å²) in [4.78, 5) is 37.9. The first-order chi connectivity index (χ1) is 17.8. The summed E-state index contributed by atoms with van der Waals surface area (Å²) in [5, 5.41) is 2.81. The van der Waals surface area contributed by atoms with E-state index in [9.17, 15) is 22.8 Å². The van der Waals surface area contributed by atoms with Crippen LogP contribution in [0.4, 0.5) is 35.2 Å². The third kappa shape index (κ3) is 4.07. The molecule has 8 nitrogen and oxygen atoms in total. The molecule has 186 valence electrons. The lowest BCUT2D eigenvalue weighted by Crippen LogP contribution is -2.50. The lowest BCUT2D eigenvalue weighted by atomic mass is 10.1. The average Bonchev–Trinajstić information content (AvgIpc) is 3.53. The van der Waals surface area contributed by atoms with Crippen LogP contribution in [0.25, 0.3) is 22.6 Å². The van der Waals surface area contributed by atoms with E-state index in [0.29, 0.717) is 29.2 Å². The van der Waals surface area contributed by atoms with Gasteiger partial charge < -0.3 is 14.6 Å². The molecule has 0 radical (unpaired) electrons. The van der Waals surface area contributed by atoms with Gasteiger partial charge in [-0.3, -0.25) is 9.69 Å². The fourth-order valence-electron chi connectivity index (χ4n) is 4.64. The topological polar surface area (TPSA) is 91.6 Å². The van der Waals surface area contributed by atoms with Gasteiger partial charge in [-0.2, -0.15) is 13.2 Å². The Hall–Kier alpha value is -4.67. The first-order valence-corrected chi connectivity index (χ1v) is 11.3. The minimum atomic E-state index is -4.51. The number of carbonyl (C=O) groups is 2. The zero-order valence-electron chi connectivity index (χ0n) is 19.1. The molecule has 2 aromatic carbocycles. The number of hydrogen-bond acceptors (Lipinski definition) is 6. The van der Waals surface area contributed by atoms with Crippen molar-refractivity contribution >= 4 is 29.0 Å². The summed E-state index contributed by atoms with van der Waals surface area (Å²) in [5.41, 5.74) is 1.42. The van der Waals surface area contributed by atoms with Crippen molar-refractivity contribution in [3.8, 4) is 22.6 Å². The summed E-state index contributed by atoms with van der Waals surface area (Å²) in [6.07, 6.45) is -1.66. The highest BCUT2D eigenvalue weighted by Gasteiger charge is 2.45. The number of alkyl halides is 3. The Morgan fingerprint density at radius 1 is 1.05 bits per heavy atom. The lowest BCUT2D eigenvalue weighted by Gasteiger charge is -2.34. The number of carbonyl (C=O) groups excluding carboxylic acids is 2. The maximum atomic E-state index is 13.5. The zero-order chi connectivity index (χ0) is 25.7. The van der Waals surface area contributed by atoms with Gasteiger partial charge in [-0.05, 0) is 36.4 Å². The summed E-state index contributed by atoms with van der Waals surface area (Å²) in [5.74, 6) is 0.582. The molecular formula is C26H18F3N5O3. The molecule has 1 saturated heterocycles.